The topological polar surface area (TPSA) is 102 Å². The number of aliphatic hydroxyl groups excluding tert-OH is 1. The van der Waals surface area contributed by atoms with E-state index in [1.165, 1.54) is 18.6 Å². The van der Waals surface area contributed by atoms with E-state index in [4.69, 9.17) is 14.7 Å². The van der Waals surface area contributed by atoms with Gasteiger partial charge in [0.15, 0.2) is 6.17 Å². The van der Waals surface area contributed by atoms with Crippen LogP contribution in [-0.2, 0) is 9.09 Å². The van der Waals surface area contributed by atoms with Crippen molar-refractivity contribution in [2.75, 3.05) is 6.61 Å². The number of alkyl halides is 1. The number of aromatic nitrogens is 2. The zero-order valence-electron chi connectivity index (χ0n) is 9.85. The standard InChI is InChI=1S/C10H14FN2O5P/c11-9-7(17-8-1-2-12-5-13-8)3-6(4-14)10(9)18-19(15)16/h1-2,5-7,9-10,14,19H,3-4H2,(H,15,16)/t6-,7-,9+,10-/m1/s1. The van der Waals surface area contributed by atoms with E-state index in [2.05, 4.69) is 14.5 Å². The molecule has 7 nitrogen and oxygen atoms in total. The van der Waals surface area contributed by atoms with Crippen LogP contribution in [0.1, 0.15) is 6.42 Å². The van der Waals surface area contributed by atoms with Crippen LogP contribution in [0, 0.1) is 5.92 Å². The largest absolute Gasteiger partial charge is 0.471 e. The lowest BCUT2D eigenvalue weighted by molar-refractivity contribution is 0.0388. The van der Waals surface area contributed by atoms with Crippen molar-refractivity contribution in [3.05, 3.63) is 18.6 Å². The molecular weight excluding hydrogens is 278 g/mol. The number of halogens is 1. The molecule has 2 rings (SSSR count). The molecule has 0 spiro atoms. The minimum Gasteiger partial charge on any atom is -0.471 e. The molecule has 1 saturated carbocycles. The van der Waals surface area contributed by atoms with Gasteiger partial charge in [0.05, 0.1) is 0 Å². The first kappa shape index (κ1) is 14.3. The summed E-state index contributed by atoms with van der Waals surface area (Å²) in [6, 6.07) is 1.48. The summed E-state index contributed by atoms with van der Waals surface area (Å²) < 4.78 is 34.8. The van der Waals surface area contributed by atoms with E-state index in [-0.39, 0.29) is 18.9 Å². The number of aliphatic hydroxyl groups is 1. The lowest BCUT2D eigenvalue weighted by Gasteiger charge is -2.18. The third-order valence-electron chi connectivity index (χ3n) is 2.97. The number of rotatable bonds is 5. The second-order valence-corrected chi connectivity index (χ2v) is 4.94. The van der Waals surface area contributed by atoms with Crippen LogP contribution in [0.3, 0.4) is 0 Å². The monoisotopic (exact) mass is 292 g/mol. The molecule has 1 fully saturated rings. The van der Waals surface area contributed by atoms with E-state index >= 15 is 0 Å². The second-order valence-electron chi connectivity index (χ2n) is 4.18. The van der Waals surface area contributed by atoms with Gasteiger partial charge in [-0.1, -0.05) is 0 Å². The summed E-state index contributed by atoms with van der Waals surface area (Å²) in [5.41, 5.74) is 0. The third kappa shape index (κ3) is 3.48. The Balaban J connectivity index is 2.05. The molecule has 1 heterocycles. The van der Waals surface area contributed by atoms with Crippen LogP contribution in [0.25, 0.3) is 0 Å². The maximum absolute atomic E-state index is 14.1. The summed E-state index contributed by atoms with van der Waals surface area (Å²) >= 11 is 0. The fraction of sp³-hybridized carbons (Fsp3) is 0.600. The van der Waals surface area contributed by atoms with Gasteiger partial charge in [0.25, 0.3) is 0 Å². The second kappa shape index (κ2) is 6.38. The Kier molecular flexibility index (Phi) is 4.81. The molecule has 2 N–H and O–H groups in total. The zero-order valence-corrected chi connectivity index (χ0v) is 10.8. The quantitative estimate of drug-likeness (QED) is 0.754. The Morgan fingerprint density at radius 1 is 1.58 bits per heavy atom. The van der Waals surface area contributed by atoms with Crippen LogP contribution in [0.4, 0.5) is 4.39 Å². The average Bonchev–Trinajstić information content (AvgIpc) is 2.68. The molecule has 1 aliphatic rings. The maximum atomic E-state index is 14.1. The number of hydrogen-bond acceptors (Lipinski definition) is 6. The van der Waals surface area contributed by atoms with Crippen molar-refractivity contribution in [3.63, 3.8) is 0 Å². The summed E-state index contributed by atoms with van der Waals surface area (Å²) in [6.07, 6.45) is -0.725. The predicted octanol–water partition coefficient (Wildman–Crippen LogP) is 0.341. The van der Waals surface area contributed by atoms with Crippen molar-refractivity contribution in [1.29, 1.82) is 0 Å². The van der Waals surface area contributed by atoms with Crippen LogP contribution in [0.2, 0.25) is 0 Å². The maximum Gasteiger partial charge on any atom is 0.316 e. The van der Waals surface area contributed by atoms with Gasteiger partial charge in [0, 0.05) is 24.8 Å². The van der Waals surface area contributed by atoms with Crippen LogP contribution in [0.5, 0.6) is 5.88 Å². The highest BCUT2D eigenvalue weighted by molar-refractivity contribution is 7.32. The molecule has 19 heavy (non-hydrogen) atoms. The van der Waals surface area contributed by atoms with Crippen LogP contribution in [-0.4, -0.2) is 45.0 Å². The van der Waals surface area contributed by atoms with Gasteiger partial charge in [-0.05, 0) is 6.42 Å². The highest BCUT2D eigenvalue weighted by Crippen LogP contribution is 2.37. The molecule has 0 amide bonds. The summed E-state index contributed by atoms with van der Waals surface area (Å²) in [5.74, 6) is -0.375. The molecule has 0 saturated heterocycles. The van der Waals surface area contributed by atoms with Crippen molar-refractivity contribution < 1.29 is 28.2 Å². The molecule has 0 radical (unpaired) electrons. The molecule has 0 aliphatic heterocycles. The lowest BCUT2D eigenvalue weighted by atomic mass is 10.1. The molecule has 1 aliphatic carbocycles. The van der Waals surface area contributed by atoms with Gasteiger partial charge in [-0.25, -0.2) is 14.4 Å². The molecule has 9 heteroatoms. The Morgan fingerprint density at radius 3 is 2.95 bits per heavy atom. The summed E-state index contributed by atoms with van der Waals surface area (Å²) in [7, 11) is -3.27. The number of ether oxygens (including phenoxy) is 1. The summed E-state index contributed by atoms with van der Waals surface area (Å²) in [4.78, 5) is 16.2. The molecule has 1 unspecified atom stereocenters. The molecule has 1 aromatic heterocycles. The first-order chi connectivity index (χ1) is 9.11. The molecule has 1 aromatic rings. The van der Waals surface area contributed by atoms with Crippen LogP contribution >= 0.6 is 8.25 Å². The fourth-order valence-electron chi connectivity index (χ4n) is 2.11. The first-order valence-electron chi connectivity index (χ1n) is 5.69. The Morgan fingerprint density at radius 2 is 2.37 bits per heavy atom. The van der Waals surface area contributed by atoms with E-state index in [0.29, 0.717) is 0 Å². The molecule has 5 atom stereocenters. The van der Waals surface area contributed by atoms with E-state index in [9.17, 15) is 8.96 Å². The van der Waals surface area contributed by atoms with Gasteiger partial charge in [-0.2, -0.15) is 0 Å². The average molecular weight is 292 g/mol. The van der Waals surface area contributed by atoms with Crippen molar-refractivity contribution in [1.82, 2.24) is 9.97 Å². The summed E-state index contributed by atoms with van der Waals surface area (Å²) in [6.45, 7) is -0.343. The predicted molar refractivity (Wildman–Crippen MR) is 62.6 cm³/mol. The smallest absolute Gasteiger partial charge is 0.316 e. The van der Waals surface area contributed by atoms with Crippen LogP contribution < -0.4 is 4.74 Å². The van der Waals surface area contributed by atoms with Gasteiger partial charge in [0.1, 0.15) is 18.5 Å². The fourth-order valence-corrected chi connectivity index (χ4v) is 2.66. The van der Waals surface area contributed by atoms with Crippen molar-refractivity contribution in [3.8, 4) is 5.88 Å². The van der Waals surface area contributed by atoms with E-state index in [1.54, 1.807) is 0 Å². The van der Waals surface area contributed by atoms with E-state index < -0.39 is 32.6 Å². The van der Waals surface area contributed by atoms with Gasteiger partial charge in [0.2, 0.25) is 5.88 Å². The van der Waals surface area contributed by atoms with Gasteiger partial charge >= 0.3 is 8.25 Å². The van der Waals surface area contributed by atoms with Gasteiger partial charge < -0.3 is 19.3 Å². The zero-order chi connectivity index (χ0) is 13.8. The molecular formula is C10H14FN2O5P. The SMILES string of the molecule is O=[PH](O)O[C@@H]1[C@@H](CO)C[C@@H](Oc2ccncn2)[C@@H]1F. The highest BCUT2D eigenvalue weighted by atomic mass is 31.1. The van der Waals surface area contributed by atoms with Crippen molar-refractivity contribution in [2.45, 2.75) is 24.8 Å². The van der Waals surface area contributed by atoms with Crippen molar-refractivity contribution >= 4 is 8.25 Å². The first-order valence-corrected chi connectivity index (χ1v) is 6.95. The number of hydrogen-bond donors (Lipinski definition) is 2. The summed E-state index contributed by atoms with van der Waals surface area (Å²) in [5, 5.41) is 9.15. The van der Waals surface area contributed by atoms with Crippen LogP contribution in [0.15, 0.2) is 18.6 Å². The molecule has 0 bridgehead atoms. The Labute approximate surface area is 109 Å². The highest BCUT2D eigenvalue weighted by Gasteiger charge is 2.46. The normalized spacial score (nSPS) is 32.2. The Hall–Kier alpha value is -1.08. The Bertz CT molecular complexity index is 437. The third-order valence-corrected chi connectivity index (χ3v) is 3.44. The molecule has 106 valence electrons. The minimum atomic E-state index is -3.27. The number of nitrogens with zero attached hydrogens (tertiary/aromatic N) is 2. The van der Waals surface area contributed by atoms with Gasteiger partial charge in [-0.15, -0.1) is 0 Å². The van der Waals surface area contributed by atoms with Crippen molar-refractivity contribution in [2.24, 2.45) is 5.92 Å². The lowest BCUT2D eigenvalue weighted by Crippen LogP contribution is -2.31. The van der Waals surface area contributed by atoms with Gasteiger partial charge in [-0.3, -0.25) is 4.57 Å². The minimum absolute atomic E-state index is 0.182. The van der Waals surface area contributed by atoms with E-state index in [1.807, 2.05) is 0 Å². The van der Waals surface area contributed by atoms with E-state index in [0.717, 1.165) is 0 Å². The molecule has 0 aromatic carbocycles.